The Bertz CT molecular complexity index is 1280. The molecule has 0 saturated carbocycles. The molecule has 2 heterocycles. The molecular weight excluding hydrogens is 488 g/mol. The number of nitro benzene ring substituents is 1. The molecule has 12 nitrogen and oxygen atoms in total. The van der Waals surface area contributed by atoms with Crippen molar-refractivity contribution >= 4 is 17.6 Å². The first-order valence-corrected chi connectivity index (χ1v) is 11.1. The SMILES string of the molecule is CCOc1cc(C2C(C(=O)OC)=CN(Cc3ccc4c(c3)OCO4)C=C2C(=O)OC)cc([N+](=O)[O-])c1[O-]. The molecule has 2 aromatic carbocycles. The summed E-state index contributed by atoms with van der Waals surface area (Å²) in [4.78, 5) is 38.1. The van der Waals surface area contributed by atoms with E-state index in [2.05, 4.69) is 0 Å². The van der Waals surface area contributed by atoms with Crippen molar-refractivity contribution in [1.82, 2.24) is 4.90 Å². The van der Waals surface area contributed by atoms with Crippen LogP contribution in [0.2, 0.25) is 0 Å². The van der Waals surface area contributed by atoms with Gasteiger partial charge >= 0.3 is 11.9 Å². The highest BCUT2D eigenvalue weighted by molar-refractivity contribution is 5.98. The summed E-state index contributed by atoms with van der Waals surface area (Å²) in [6.07, 6.45) is 2.95. The smallest absolute Gasteiger partial charge is 0.336 e. The number of benzene rings is 2. The van der Waals surface area contributed by atoms with Crippen molar-refractivity contribution in [1.29, 1.82) is 0 Å². The minimum absolute atomic E-state index is 0.00142. The van der Waals surface area contributed by atoms with E-state index in [1.807, 2.05) is 6.07 Å². The van der Waals surface area contributed by atoms with Gasteiger partial charge in [0.05, 0.1) is 42.8 Å². The van der Waals surface area contributed by atoms with Crippen LogP contribution in [-0.2, 0) is 25.6 Å². The van der Waals surface area contributed by atoms with Crippen LogP contribution < -0.4 is 19.3 Å². The van der Waals surface area contributed by atoms with Crippen molar-refractivity contribution in [3.63, 3.8) is 0 Å². The molecule has 0 fully saturated rings. The van der Waals surface area contributed by atoms with Crippen molar-refractivity contribution in [3.8, 4) is 23.0 Å². The Hall–Kier alpha value is -4.74. The maximum Gasteiger partial charge on any atom is 0.336 e. The number of fused-ring (bicyclic) bond motifs is 1. The first-order chi connectivity index (χ1) is 17.8. The fourth-order valence-electron chi connectivity index (χ4n) is 4.16. The number of nitrogens with zero attached hydrogens (tertiary/aromatic N) is 2. The van der Waals surface area contributed by atoms with Crippen LogP contribution in [0.4, 0.5) is 5.69 Å². The summed E-state index contributed by atoms with van der Waals surface area (Å²) in [5.41, 5.74) is 0.152. The highest BCUT2D eigenvalue weighted by atomic mass is 16.7. The first kappa shape index (κ1) is 25.4. The van der Waals surface area contributed by atoms with Gasteiger partial charge < -0.3 is 33.7 Å². The normalized spacial score (nSPS) is 14.5. The fraction of sp³-hybridized carbons (Fsp3) is 0.280. The van der Waals surface area contributed by atoms with Crippen molar-refractivity contribution in [2.45, 2.75) is 19.4 Å². The second-order valence-electron chi connectivity index (χ2n) is 8.00. The Morgan fingerprint density at radius 3 is 2.30 bits per heavy atom. The molecule has 0 aromatic heterocycles. The third-order valence-corrected chi connectivity index (χ3v) is 5.76. The Morgan fingerprint density at radius 1 is 1.05 bits per heavy atom. The standard InChI is InChI=1S/C25H24N2O10/c1-4-35-21-9-15(8-18(23(21)28)27(31)32)22-16(24(29)33-2)11-26(12-17(22)25(30)34-3)10-14-5-6-19-20(7-14)37-13-36-19/h5-9,11-12,22,28H,4,10,13H2,1-3H3/p-1. The van der Waals surface area contributed by atoms with Gasteiger partial charge in [-0.25, -0.2) is 9.59 Å². The summed E-state index contributed by atoms with van der Waals surface area (Å²) in [7, 11) is 2.35. The van der Waals surface area contributed by atoms with Crippen LogP contribution in [0.3, 0.4) is 0 Å². The lowest BCUT2D eigenvalue weighted by molar-refractivity contribution is -0.398. The number of rotatable bonds is 8. The number of carbonyl (C=O) groups is 2. The van der Waals surface area contributed by atoms with Gasteiger partial charge in [0, 0.05) is 30.8 Å². The second kappa shape index (κ2) is 10.5. The Labute approximate surface area is 211 Å². The van der Waals surface area contributed by atoms with Gasteiger partial charge in [-0.15, -0.1) is 0 Å². The number of nitro groups is 1. The van der Waals surface area contributed by atoms with Gasteiger partial charge in [0.1, 0.15) is 5.75 Å². The molecule has 194 valence electrons. The van der Waals surface area contributed by atoms with E-state index in [4.69, 9.17) is 23.7 Å². The Balaban J connectivity index is 1.82. The van der Waals surface area contributed by atoms with Crippen molar-refractivity contribution in [2.24, 2.45) is 0 Å². The van der Waals surface area contributed by atoms with Crippen molar-refractivity contribution < 1.29 is 43.3 Å². The van der Waals surface area contributed by atoms with Gasteiger partial charge in [0.15, 0.2) is 11.5 Å². The average Bonchev–Trinajstić information content (AvgIpc) is 3.36. The number of carbonyl (C=O) groups excluding carboxylic acids is 2. The van der Waals surface area contributed by atoms with Crippen LogP contribution in [0.25, 0.3) is 0 Å². The third kappa shape index (κ3) is 4.99. The van der Waals surface area contributed by atoms with Crippen LogP contribution in [-0.4, -0.2) is 49.4 Å². The molecule has 4 rings (SSSR count). The quantitative estimate of drug-likeness (QED) is 0.292. The van der Waals surface area contributed by atoms with Crippen LogP contribution in [0.5, 0.6) is 23.0 Å². The topological polar surface area (TPSA) is 150 Å². The number of esters is 2. The summed E-state index contributed by atoms with van der Waals surface area (Å²) >= 11 is 0. The molecule has 12 heteroatoms. The summed E-state index contributed by atoms with van der Waals surface area (Å²) in [5.74, 6) is -2.70. The zero-order valence-corrected chi connectivity index (χ0v) is 20.2. The maximum atomic E-state index is 12.9. The Kier molecular flexibility index (Phi) is 7.18. The highest BCUT2D eigenvalue weighted by Crippen LogP contribution is 2.43. The van der Waals surface area contributed by atoms with E-state index in [1.165, 1.54) is 32.7 Å². The van der Waals surface area contributed by atoms with E-state index in [9.17, 15) is 24.8 Å². The van der Waals surface area contributed by atoms with E-state index in [1.54, 1.807) is 24.0 Å². The van der Waals surface area contributed by atoms with E-state index in [-0.39, 0.29) is 42.4 Å². The number of methoxy groups -OCH3 is 2. The molecule has 37 heavy (non-hydrogen) atoms. The minimum Gasteiger partial charge on any atom is -0.865 e. The van der Waals surface area contributed by atoms with E-state index in [0.29, 0.717) is 11.5 Å². The van der Waals surface area contributed by atoms with Crippen LogP contribution >= 0.6 is 0 Å². The van der Waals surface area contributed by atoms with E-state index < -0.39 is 34.2 Å². The summed E-state index contributed by atoms with van der Waals surface area (Å²) in [6, 6.07) is 7.64. The first-order valence-electron chi connectivity index (χ1n) is 11.1. The molecule has 0 bridgehead atoms. The molecule has 0 spiro atoms. The molecule has 0 saturated heterocycles. The maximum absolute atomic E-state index is 12.9. The molecule has 0 N–H and O–H groups in total. The van der Waals surface area contributed by atoms with Gasteiger partial charge in [-0.05, 0) is 36.2 Å². The Morgan fingerprint density at radius 2 is 1.70 bits per heavy atom. The largest absolute Gasteiger partial charge is 0.865 e. The van der Waals surface area contributed by atoms with E-state index >= 15 is 0 Å². The van der Waals surface area contributed by atoms with Gasteiger partial charge in [0.2, 0.25) is 6.79 Å². The second-order valence-corrected chi connectivity index (χ2v) is 8.00. The minimum atomic E-state index is -1.13. The molecular formula is C25H23N2O10-. The molecule has 0 aliphatic carbocycles. The lowest BCUT2D eigenvalue weighted by Gasteiger charge is -2.30. The molecule has 0 atom stereocenters. The van der Waals surface area contributed by atoms with Gasteiger partial charge in [0.25, 0.3) is 5.69 Å². The lowest BCUT2D eigenvalue weighted by atomic mass is 9.82. The molecule has 0 radical (unpaired) electrons. The van der Waals surface area contributed by atoms with Gasteiger partial charge in [-0.1, -0.05) is 6.07 Å². The predicted molar refractivity (Wildman–Crippen MR) is 125 cm³/mol. The van der Waals surface area contributed by atoms with Crippen LogP contribution in [0.1, 0.15) is 24.0 Å². The monoisotopic (exact) mass is 511 g/mol. The van der Waals surface area contributed by atoms with Gasteiger partial charge in [-0.2, -0.15) is 0 Å². The number of hydrogen-bond acceptors (Lipinski definition) is 11. The van der Waals surface area contributed by atoms with Crippen molar-refractivity contribution in [2.75, 3.05) is 27.6 Å². The molecule has 0 unspecified atom stereocenters. The third-order valence-electron chi connectivity index (χ3n) is 5.76. The lowest BCUT2D eigenvalue weighted by Crippen LogP contribution is -2.28. The fourth-order valence-corrected chi connectivity index (χ4v) is 4.16. The number of hydrogen-bond donors (Lipinski definition) is 0. The van der Waals surface area contributed by atoms with Gasteiger partial charge in [-0.3, -0.25) is 10.1 Å². The van der Waals surface area contributed by atoms with E-state index in [0.717, 1.165) is 11.6 Å². The molecule has 2 aromatic rings. The summed E-state index contributed by atoms with van der Waals surface area (Å²) in [6.45, 7) is 2.03. The van der Waals surface area contributed by atoms with Crippen LogP contribution in [0, 0.1) is 10.1 Å². The number of ether oxygens (including phenoxy) is 5. The summed E-state index contributed by atoms with van der Waals surface area (Å²) in [5, 5.41) is 24.1. The molecule has 0 amide bonds. The average molecular weight is 511 g/mol. The molecule has 2 aliphatic heterocycles. The van der Waals surface area contributed by atoms with Crippen LogP contribution in [0.15, 0.2) is 53.9 Å². The highest BCUT2D eigenvalue weighted by Gasteiger charge is 2.36. The zero-order valence-electron chi connectivity index (χ0n) is 20.2. The van der Waals surface area contributed by atoms with Crippen molar-refractivity contribution in [3.05, 3.63) is 75.1 Å². The zero-order chi connectivity index (χ0) is 26.7. The molecule has 2 aliphatic rings. The summed E-state index contributed by atoms with van der Waals surface area (Å²) < 4.78 is 26.0. The predicted octanol–water partition coefficient (Wildman–Crippen LogP) is 2.51.